The molecule has 76 valence electrons. The molecule has 0 amide bonds. The molecule has 1 N–H and O–H groups in total. The highest BCUT2D eigenvalue weighted by molar-refractivity contribution is 4.97. The number of allylic oxidation sites excluding steroid dienone is 1. The molecule has 0 aliphatic heterocycles. The second-order valence-corrected chi connectivity index (χ2v) is 5.35. The van der Waals surface area contributed by atoms with Crippen molar-refractivity contribution < 1.29 is 5.11 Å². The molecule has 0 heterocycles. The fraction of sp³-hybridized carbons (Fsp3) is 0.833. The summed E-state index contributed by atoms with van der Waals surface area (Å²) in [6.07, 6.45) is 4.92. The fourth-order valence-electron chi connectivity index (χ4n) is 2.57. The maximum Gasteiger partial charge on any atom is 0.0884 e. The maximum absolute atomic E-state index is 9.52. The Morgan fingerprint density at radius 2 is 1.77 bits per heavy atom. The van der Waals surface area contributed by atoms with Crippen LogP contribution in [0.5, 0.6) is 0 Å². The van der Waals surface area contributed by atoms with Gasteiger partial charge < -0.3 is 5.11 Å². The molecule has 1 aliphatic rings. The Bertz CT molecular complexity index is 188. The van der Waals surface area contributed by atoms with Crippen LogP contribution in [0.25, 0.3) is 0 Å². The first-order valence-electron chi connectivity index (χ1n) is 5.30. The predicted octanol–water partition coefficient (Wildman–Crippen LogP) is 3.91. The molecule has 1 rings (SSSR count). The summed E-state index contributed by atoms with van der Waals surface area (Å²) in [7, 11) is 0. The lowest BCUT2D eigenvalue weighted by molar-refractivity contribution is 0.100. The van der Waals surface area contributed by atoms with Crippen molar-refractivity contribution in [3.8, 4) is 0 Å². The minimum absolute atomic E-state index is 0.302. The van der Waals surface area contributed by atoms with Gasteiger partial charge in [-0.2, -0.15) is 0 Å². The van der Waals surface area contributed by atoms with E-state index in [4.69, 9.17) is 0 Å². The van der Waals surface area contributed by atoms with Gasteiger partial charge in [0.25, 0.3) is 0 Å². The molecule has 1 nitrogen and oxygen atoms in total. The van der Waals surface area contributed by atoms with E-state index in [-0.39, 0.29) is 0 Å². The van der Waals surface area contributed by atoms with Gasteiger partial charge in [0.2, 0.25) is 0 Å². The van der Waals surface area contributed by atoms with Gasteiger partial charge in [-0.05, 0) is 24.2 Å². The number of aliphatic hydroxyl groups is 1. The third-order valence-corrected chi connectivity index (χ3v) is 3.31. The van der Waals surface area contributed by atoms with Gasteiger partial charge in [0.15, 0.2) is 0 Å². The van der Waals surface area contributed by atoms with E-state index in [1.165, 1.54) is 19.3 Å². The average molecular weight is 182 g/mol. The molecule has 0 aromatic rings. The fourth-order valence-corrected chi connectivity index (χ4v) is 2.57. The normalized spacial score (nSPS) is 30.1. The molecule has 0 radical (unpaired) electrons. The number of aliphatic hydroxyl groups excluding tert-OH is 1. The van der Waals surface area contributed by atoms with Crippen molar-refractivity contribution in [2.45, 2.75) is 46.5 Å². The first-order chi connectivity index (χ1) is 5.93. The second-order valence-electron chi connectivity index (χ2n) is 5.35. The second kappa shape index (κ2) is 3.73. The average Bonchev–Trinajstić information content (AvgIpc) is 2.03. The quantitative estimate of drug-likeness (QED) is 0.609. The molecule has 0 bridgehead atoms. The minimum atomic E-state index is 0.302. The van der Waals surface area contributed by atoms with Crippen molar-refractivity contribution >= 4 is 0 Å². The molecule has 2 atom stereocenters. The van der Waals surface area contributed by atoms with Crippen molar-refractivity contribution in [3.05, 3.63) is 12.3 Å². The molecule has 1 heteroatoms. The lowest BCUT2D eigenvalue weighted by Crippen LogP contribution is -2.31. The minimum Gasteiger partial charge on any atom is -0.513 e. The first kappa shape index (κ1) is 10.6. The van der Waals surface area contributed by atoms with Gasteiger partial charge in [-0.25, -0.2) is 0 Å². The molecular formula is C12H22O. The molecule has 2 unspecified atom stereocenters. The standard InChI is InChI=1S/C12H22O/c1-9(13)10-7-5-6-8-11(10)12(2,3)4/h10-11,13H,1,5-8H2,2-4H3. The molecule has 0 saturated heterocycles. The van der Waals surface area contributed by atoms with Crippen LogP contribution in [-0.2, 0) is 0 Å². The molecule has 0 aromatic heterocycles. The zero-order chi connectivity index (χ0) is 10.1. The maximum atomic E-state index is 9.52. The molecule has 0 spiro atoms. The lowest BCUT2D eigenvalue weighted by Gasteiger charge is -2.40. The Morgan fingerprint density at radius 1 is 1.23 bits per heavy atom. The molecular weight excluding hydrogens is 160 g/mol. The summed E-state index contributed by atoms with van der Waals surface area (Å²) >= 11 is 0. The van der Waals surface area contributed by atoms with Crippen molar-refractivity contribution in [2.75, 3.05) is 0 Å². The van der Waals surface area contributed by atoms with Crippen LogP contribution in [-0.4, -0.2) is 5.11 Å². The van der Waals surface area contributed by atoms with Crippen molar-refractivity contribution in [1.82, 2.24) is 0 Å². The van der Waals surface area contributed by atoms with Gasteiger partial charge in [-0.3, -0.25) is 0 Å². The lowest BCUT2D eigenvalue weighted by atomic mass is 9.66. The topological polar surface area (TPSA) is 20.2 Å². The van der Waals surface area contributed by atoms with Crippen LogP contribution >= 0.6 is 0 Å². The molecule has 1 saturated carbocycles. The number of hydrogen-bond acceptors (Lipinski definition) is 1. The summed E-state index contributed by atoms with van der Waals surface area (Å²) in [5.41, 5.74) is 0.302. The predicted molar refractivity (Wildman–Crippen MR) is 56.7 cm³/mol. The van der Waals surface area contributed by atoms with Crippen LogP contribution in [0, 0.1) is 17.3 Å². The van der Waals surface area contributed by atoms with Crippen LogP contribution in [0.4, 0.5) is 0 Å². The molecule has 13 heavy (non-hydrogen) atoms. The number of hydrogen-bond donors (Lipinski definition) is 1. The van der Waals surface area contributed by atoms with E-state index in [1.54, 1.807) is 0 Å². The molecule has 1 fully saturated rings. The van der Waals surface area contributed by atoms with Crippen LogP contribution in [0.15, 0.2) is 12.3 Å². The molecule has 0 aromatic carbocycles. The van der Waals surface area contributed by atoms with Crippen LogP contribution < -0.4 is 0 Å². The Balaban J connectivity index is 2.73. The summed E-state index contributed by atoms with van der Waals surface area (Å²) in [4.78, 5) is 0. The van der Waals surface area contributed by atoms with Gasteiger partial charge in [-0.15, -0.1) is 0 Å². The Labute approximate surface area is 81.9 Å². The van der Waals surface area contributed by atoms with Crippen molar-refractivity contribution in [1.29, 1.82) is 0 Å². The zero-order valence-electron chi connectivity index (χ0n) is 9.14. The van der Waals surface area contributed by atoms with Crippen LogP contribution in [0.3, 0.4) is 0 Å². The van der Waals surface area contributed by atoms with E-state index in [0.717, 1.165) is 6.42 Å². The van der Waals surface area contributed by atoms with Crippen LogP contribution in [0.1, 0.15) is 46.5 Å². The van der Waals surface area contributed by atoms with Gasteiger partial charge >= 0.3 is 0 Å². The van der Waals surface area contributed by atoms with E-state index in [2.05, 4.69) is 27.4 Å². The largest absolute Gasteiger partial charge is 0.513 e. The van der Waals surface area contributed by atoms with E-state index in [1.807, 2.05) is 0 Å². The van der Waals surface area contributed by atoms with E-state index >= 15 is 0 Å². The highest BCUT2D eigenvalue weighted by atomic mass is 16.3. The van der Waals surface area contributed by atoms with E-state index < -0.39 is 0 Å². The monoisotopic (exact) mass is 182 g/mol. The van der Waals surface area contributed by atoms with Crippen molar-refractivity contribution in [2.24, 2.45) is 17.3 Å². The Hall–Kier alpha value is -0.460. The number of rotatable bonds is 1. The van der Waals surface area contributed by atoms with Gasteiger partial charge in [0.1, 0.15) is 0 Å². The van der Waals surface area contributed by atoms with Crippen LogP contribution in [0.2, 0.25) is 0 Å². The van der Waals surface area contributed by atoms with E-state index in [9.17, 15) is 5.11 Å². The zero-order valence-corrected chi connectivity index (χ0v) is 9.14. The Kier molecular flexibility index (Phi) is 3.05. The van der Waals surface area contributed by atoms with Gasteiger partial charge in [0.05, 0.1) is 5.76 Å². The SMILES string of the molecule is C=C(O)C1CCCCC1C(C)(C)C. The smallest absolute Gasteiger partial charge is 0.0884 e. The summed E-state index contributed by atoms with van der Waals surface area (Å²) in [5.74, 6) is 1.35. The molecule has 1 aliphatic carbocycles. The summed E-state index contributed by atoms with van der Waals surface area (Å²) in [5, 5.41) is 9.52. The van der Waals surface area contributed by atoms with Gasteiger partial charge in [-0.1, -0.05) is 40.2 Å². The van der Waals surface area contributed by atoms with E-state index in [0.29, 0.717) is 23.0 Å². The third-order valence-electron chi connectivity index (χ3n) is 3.31. The summed E-state index contributed by atoms with van der Waals surface area (Å²) in [6.45, 7) is 10.5. The van der Waals surface area contributed by atoms with Gasteiger partial charge in [0, 0.05) is 5.92 Å². The first-order valence-corrected chi connectivity index (χ1v) is 5.30. The summed E-state index contributed by atoms with van der Waals surface area (Å²) < 4.78 is 0. The Morgan fingerprint density at radius 3 is 2.15 bits per heavy atom. The highest BCUT2D eigenvalue weighted by Crippen LogP contribution is 2.43. The third kappa shape index (κ3) is 2.49. The highest BCUT2D eigenvalue weighted by Gasteiger charge is 2.35. The summed E-state index contributed by atoms with van der Waals surface area (Å²) in [6, 6.07) is 0. The van der Waals surface area contributed by atoms with Crippen molar-refractivity contribution in [3.63, 3.8) is 0 Å².